The molecule has 134 valence electrons. The van der Waals surface area contributed by atoms with Gasteiger partial charge < -0.3 is 4.52 Å². The Morgan fingerprint density at radius 3 is 2.20 bits per heavy atom. The first-order valence-electron chi connectivity index (χ1n) is 8.02. The maximum Gasteiger partial charge on any atom is 0.475 e. The Hall–Kier alpha value is -1.42. The van der Waals surface area contributed by atoms with Gasteiger partial charge in [-0.05, 0) is 31.5 Å². The third-order valence-corrected chi connectivity index (χ3v) is 7.54. The van der Waals surface area contributed by atoms with Crippen molar-refractivity contribution in [1.82, 2.24) is 0 Å². The quantitative estimate of drug-likeness (QED) is 0.641. The smallest absolute Gasteiger partial charge is 0.438 e. The van der Waals surface area contributed by atoms with Gasteiger partial charge in [0.2, 0.25) is 0 Å². The van der Waals surface area contributed by atoms with Gasteiger partial charge in [-0.15, -0.1) is 0 Å². The minimum atomic E-state index is -3.78. The Bertz CT molecular complexity index is 841. The lowest BCUT2D eigenvalue weighted by molar-refractivity contribution is 0.133. The number of phosphoric acid groups is 1. The standard InChI is InChI=1S/C17H20O6P2/c1-3-20-25(19,21-4-2)22-13-24(18)17-12-8-6-10-15(17)14-9-5-7-11-16(14)23-24/h5-12H,3-4,13H2,1-2H3. The van der Waals surface area contributed by atoms with E-state index in [2.05, 4.69) is 0 Å². The predicted molar refractivity (Wildman–Crippen MR) is 96.6 cm³/mol. The lowest BCUT2D eigenvalue weighted by Gasteiger charge is -2.29. The van der Waals surface area contributed by atoms with Crippen LogP contribution in [0.25, 0.3) is 11.1 Å². The van der Waals surface area contributed by atoms with E-state index in [1.54, 1.807) is 32.0 Å². The van der Waals surface area contributed by atoms with Crippen LogP contribution in [0.4, 0.5) is 0 Å². The number of fused-ring (bicyclic) bond motifs is 3. The summed E-state index contributed by atoms with van der Waals surface area (Å²) in [5, 5.41) is 0.535. The molecule has 0 fully saturated rings. The zero-order valence-electron chi connectivity index (χ0n) is 14.1. The number of para-hydroxylation sites is 1. The molecule has 0 saturated heterocycles. The lowest BCUT2D eigenvalue weighted by Crippen LogP contribution is -2.20. The van der Waals surface area contributed by atoms with Gasteiger partial charge in [-0.2, -0.15) is 0 Å². The Morgan fingerprint density at radius 1 is 0.920 bits per heavy atom. The molecule has 1 atom stereocenters. The molecule has 3 rings (SSSR count). The molecule has 25 heavy (non-hydrogen) atoms. The van der Waals surface area contributed by atoms with E-state index in [0.717, 1.165) is 11.1 Å². The maximum atomic E-state index is 13.5. The predicted octanol–water partition coefficient (Wildman–Crippen LogP) is 4.80. The van der Waals surface area contributed by atoms with Crippen LogP contribution in [0.1, 0.15) is 13.8 Å². The van der Waals surface area contributed by atoms with E-state index in [-0.39, 0.29) is 13.2 Å². The van der Waals surface area contributed by atoms with E-state index in [1.165, 1.54) is 0 Å². The summed E-state index contributed by atoms with van der Waals surface area (Å²) < 4.78 is 47.3. The average molecular weight is 382 g/mol. The van der Waals surface area contributed by atoms with Crippen LogP contribution in [0.15, 0.2) is 48.5 Å². The number of benzene rings is 2. The molecule has 0 radical (unpaired) electrons. The molecule has 0 saturated carbocycles. The van der Waals surface area contributed by atoms with Crippen molar-refractivity contribution in [1.29, 1.82) is 0 Å². The van der Waals surface area contributed by atoms with E-state index < -0.39 is 21.5 Å². The van der Waals surface area contributed by atoms with E-state index in [1.807, 2.05) is 30.3 Å². The van der Waals surface area contributed by atoms with E-state index in [0.29, 0.717) is 11.1 Å². The molecule has 0 N–H and O–H groups in total. The minimum Gasteiger partial charge on any atom is -0.438 e. The normalized spacial score (nSPS) is 19.0. The van der Waals surface area contributed by atoms with Gasteiger partial charge in [0.05, 0.1) is 18.5 Å². The second kappa shape index (κ2) is 7.45. The minimum absolute atomic E-state index is 0.155. The summed E-state index contributed by atoms with van der Waals surface area (Å²) in [6.07, 6.45) is -0.393. The van der Waals surface area contributed by atoms with E-state index in [9.17, 15) is 9.13 Å². The third kappa shape index (κ3) is 3.74. The molecular formula is C17H20O6P2. The number of phosphoric ester groups is 1. The van der Waals surface area contributed by atoms with Crippen LogP contribution in [0.5, 0.6) is 5.75 Å². The summed E-state index contributed by atoms with van der Waals surface area (Å²) in [6.45, 7) is 3.67. The van der Waals surface area contributed by atoms with Gasteiger partial charge in [0.1, 0.15) is 12.1 Å². The van der Waals surface area contributed by atoms with Crippen LogP contribution in [0.3, 0.4) is 0 Å². The SMILES string of the molecule is CCOP(=O)(OCC)OCP1(=O)Oc2ccccc2-c2ccccc21. The number of hydrogen-bond acceptors (Lipinski definition) is 6. The molecule has 0 spiro atoms. The van der Waals surface area contributed by atoms with E-state index >= 15 is 0 Å². The summed E-state index contributed by atoms with van der Waals surface area (Å²) in [5.41, 5.74) is 1.68. The largest absolute Gasteiger partial charge is 0.475 e. The molecule has 0 bridgehead atoms. The molecule has 0 aromatic heterocycles. The van der Waals surface area contributed by atoms with Gasteiger partial charge in [-0.3, -0.25) is 18.1 Å². The molecule has 0 amide bonds. The highest BCUT2D eigenvalue weighted by atomic mass is 31.2. The fourth-order valence-corrected chi connectivity index (χ4v) is 6.32. The molecule has 1 aliphatic rings. The second-order valence-corrected chi connectivity index (χ2v) is 9.26. The molecule has 8 heteroatoms. The van der Waals surface area contributed by atoms with Crippen LogP contribution in [0, 0.1) is 0 Å². The van der Waals surface area contributed by atoms with Gasteiger partial charge in [-0.1, -0.05) is 36.4 Å². The first kappa shape index (κ1) is 18.4. The van der Waals surface area contributed by atoms with Crippen molar-refractivity contribution in [2.45, 2.75) is 13.8 Å². The summed E-state index contributed by atoms with van der Waals surface area (Å²) in [6, 6.07) is 14.6. The fourth-order valence-electron chi connectivity index (χ4n) is 2.65. The Morgan fingerprint density at radius 2 is 1.52 bits per heavy atom. The average Bonchev–Trinajstić information content (AvgIpc) is 2.61. The van der Waals surface area contributed by atoms with Crippen LogP contribution < -0.4 is 9.83 Å². The summed E-state index contributed by atoms with van der Waals surface area (Å²) in [5.74, 6) is 0.510. The van der Waals surface area contributed by atoms with Crippen LogP contribution in [0.2, 0.25) is 0 Å². The van der Waals surface area contributed by atoms with Crippen molar-refractivity contribution in [2.24, 2.45) is 0 Å². The zero-order valence-corrected chi connectivity index (χ0v) is 15.9. The van der Waals surface area contributed by atoms with Crippen molar-refractivity contribution >= 4 is 20.5 Å². The Kier molecular flexibility index (Phi) is 5.47. The van der Waals surface area contributed by atoms with E-state index in [4.69, 9.17) is 18.1 Å². The topological polar surface area (TPSA) is 71.1 Å². The number of rotatable bonds is 7. The highest BCUT2D eigenvalue weighted by Crippen LogP contribution is 2.59. The monoisotopic (exact) mass is 382 g/mol. The van der Waals surface area contributed by atoms with Crippen molar-refractivity contribution in [3.63, 3.8) is 0 Å². The van der Waals surface area contributed by atoms with Gasteiger partial charge in [-0.25, -0.2) is 4.57 Å². The molecule has 1 aliphatic heterocycles. The van der Waals surface area contributed by atoms with Crippen molar-refractivity contribution < 1.29 is 27.2 Å². The first-order valence-corrected chi connectivity index (χ1v) is 11.3. The van der Waals surface area contributed by atoms with Crippen molar-refractivity contribution in [3.05, 3.63) is 48.5 Å². The third-order valence-electron chi connectivity index (χ3n) is 3.65. The molecule has 0 aliphatic carbocycles. The molecular weight excluding hydrogens is 362 g/mol. The highest BCUT2D eigenvalue weighted by molar-refractivity contribution is 7.68. The van der Waals surface area contributed by atoms with Crippen molar-refractivity contribution in [2.75, 3.05) is 19.6 Å². The van der Waals surface area contributed by atoms with Gasteiger partial charge >= 0.3 is 15.2 Å². The van der Waals surface area contributed by atoms with Gasteiger partial charge in [0.25, 0.3) is 0 Å². The Balaban J connectivity index is 1.94. The Labute approximate surface area is 147 Å². The number of hydrogen-bond donors (Lipinski definition) is 0. The maximum absolute atomic E-state index is 13.5. The van der Waals surface area contributed by atoms with Crippen molar-refractivity contribution in [3.8, 4) is 16.9 Å². The molecule has 1 unspecified atom stereocenters. The van der Waals surface area contributed by atoms with Crippen LogP contribution >= 0.6 is 15.2 Å². The van der Waals surface area contributed by atoms with Crippen LogP contribution in [-0.2, 0) is 22.7 Å². The zero-order chi connectivity index (χ0) is 17.9. The van der Waals surface area contributed by atoms with Gasteiger partial charge in [0.15, 0.2) is 0 Å². The molecule has 2 aromatic rings. The molecule has 6 nitrogen and oxygen atoms in total. The van der Waals surface area contributed by atoms with Gasteiger partial charge in [0, 0.05) is 5.56 Å². The summed E-state index contributed by atoms with van der Waals surface area (Å²) in [4.78, 5) is 0. The second-order valence-electron chi connectivity index (χ2n) is 5.32. The lowest BCUT2D eigenvalue weighted by atomic mass is 10.0. The molecule has 1 heterocycles. The fraction of sp³-hybridized carbons (Fsp3) is 0.294. The first-order chi connectivity index (χ1) is 12.0. The summed E-state index contributed by atoms with van der Waals surface area (Å²) >= 11 is 0. The van der Waals surface area contributed by atoms with Crippen LogP contribution in [-0.4, -0.2) is 19.6 Å². The summed E-state index contributed by atoms with van der Waals surface area (Å²) in [7, 11) is -7.21. The highest BCUT2D eigenvalue weighted by Gasteiger charge is 2.39. The molecule has 2 aromatic carbocycles.